The molecule has 0 N–H and O–H groups in total. The number of ketones is 1. The monoisotopic (exact) mass is 392 g/mol. The second-order valence-corrected chi connectivity index (χ2v) is 7.39. The van der Waals surface area contributed by atoms with Crippen molar-refractivity contribution in [2.75, 3.05) is 6.61 Å². The van der Waals surface area contributed by atoms with Crippen molar-refractivity contribution >= 4 is 28.5 Å². The minimum Gasteiger partial charge on any atom is -0.468 e. The van der Waals surface area contributed by atoms with Crippen LogP contribution in [0.2, 0.25) is 0 Å². The van der Waals surface area contributed by atoms with Gasteiger partial charge >= 0.3 is 0 Å². The lowest BCUT2D eigenvalue weighted by Gasteiger charge is -2.11. The molecule has 0 atom stereocenters. The van der Waals surface area contributed by atoms with E-state index < -0.39 is 0 Å². The number of aromatic nitrogens is 1. The maximum Gasteiger partial charge on any atom is 0.233 e. The Morgan fingerprint density at radius 3 is 2.70 bits per heavy atom. The Balaban J connectivity index is 1.75. The van der Waals surface area contributed by atoms with Crippen LogP contribution in [0.4, 0.5) is 0 Å². The van der Waals surface area contributed by atoms with Crippen molar-refractivity contribution in [1.82, 2.24) is 4.98 Å². The highest BCUT2D eigenvalue weighted by molar-refractivity contribution is 7.13. The van der Waals surface area contributed by atoms with E-state index in [9.17, 15) is 10.1 Å². The molecule has 4 heterocycles. The standard InChI is InChI=1S/C20H12N2O3S2/c21-11-14-13(17-4-1-7-24-17)10-15(18-5-2-8-26-18)22-20(14)25-12-16(23)19-6-3-9-27-19/h1-10H,12H2. The molecule has 0 fully saturated rings. The minimum atomic E-state index is -0.187. The average Bonchev–Trinajstić information content (AvgIpc) is 3.46. The first-order valence-corrected chi connectivity index (χ1v) is 9.74. The SMILES string of the molecule is N#Cc1c(-c2ccco2)cc(-c2cccs2)nc1OCC(=O)c1cccs1. The molecule has 0 aromatic carbocycles. The van der Waals surface area contributed by atoms with Crippen LogP contribution in [0.25, 0.3) is 21.9 Å². The molecule has 4 aromatic heterocycles. The van der Waals surface area contributed by atoms with Crippen molar-refractivity contribution in [3.8, 4) is 33.8 Å². The Hall–Kier alpha value is -3.21. The van der Waals surface area contributed by atoms with E-state index in [1.165, 1.54) is 22.7 Å². The van der Waals surface area contributed by atoms with Crippen molar-refractivity contribution < 1.29 is 13.9 Å². The van der Waals surface area contributed by atoms with Crippen molar-refractivity contribution in [3.05, 3.63) is 69.9 Å². The average molecular weight is 392 g/mol. The largest absolute Gasteiger partial charge is 0.468 e. The zero-order valence-corrected chi connectivity index (χ0v) is 15.5. The van der Waals surface area contributed by atoms with Gasteiger partial charge in [0.1, 0.15) is 17.4 Å². The molecule has 0 bridgehead atoms. The van der Waals surface area contributed by atoms with E-state index in [1.807, 2.05) is 29.0 Å². The Labute approximate surface area is 163 Å². The lowest BCUT2D eigenvalue weighted by molar-refractivity contribution is 0.0922. The molecule has 7 heteroatoms. The summed E-state index contributed by atoms with van der Waals surface area (Å²) in [6.45, 7) is -0.187. The zero-order valence-electron chi connectivity index (χ0n) is 13.9. The summed E-state index contributed by atoms with van der Waals surface area (Å²) in [5.74, 6) is 0.512. The summed E-state index contributed by atoms with van der Waals surface area (Å²) in [7, 11) is 0. The third kappa shape index (κ3) is 3.53. The van der Waals surface area contributed by atoms with Crippen LogP contribution in [0.3, 0.4) is 0 Å². The molecule has 0 aliphatic carbocycles. The highest BCUT2D eigenvalue weighted by Gasteiger charge is 2.19. The van der Waals surface area contributed by atoms with E-state index in [-0.39, 0.29) is 23.8 Å². The number of hydrogen-bond donors (Lipinski definition) is 0. The van der Waals surface area contributed by atoms with Crippen molar-refractivity contribution in [1.29, 1.82) is 5.26 Å². The van der Waals surface area contributed by atoms with Crippen LogP contribution in [0, 0.1) is 11.3 Å². The number of carbonyl (C=O) groups is 1. The van der Waals surface area contributed by atoms with Gasteiger partial charge in [-0.2, -0.15) is 5.26 Å². The van der Waals surface area contributed by atoms with Gasteiger partial charge in [0.05, 0.1) is 21.7 Å². The Kier molecular flexibility index (Phi) is 4.83. The molecular weight excluding hydrogens is 380 g/mol. The number of rotatable bonds is 6. The Bertz CT molecular complexity index is 1090. The summed E-state index contributed by atoms with van der Waals surface area (Å²) in [5, 5.41) is 13.5. The molecule has 27 heavy (non-hydrogen) atoms. The fourth-order valence-electron chi connectivity index (χ4n) is 2.55. The fourth-order valence-corrected chi connectivity index (χ4v) is 3.89. The number of nitriles is 1. The van der Waals surface area contributed by atoms with Gasteiger partial charge in [-0.25, -0.2) is 4.98 Å². The number of thiophene rings is 2. The molecule has 0 aliphatic heterocycles. The number of furan rings is 1. The van der Waals surface area contributed by atoms with Gasteiger partial charge in [0.25, 0.3) is 0 Å². The molecule has 5 nitrogen and oxygen atoms in total. The lowest BCUT2D eigenvalue weighted by Crippen LogP contribution is -2.12. The first-order valence-electron chi connectivity index (χ1n) is 7.98. The quantitative estimate of drug-likeness (QED) is 0.418. The van der Waals surface area contributed by atoms with Crippen molar-refractivity contribution in [2.24, 2.45) is 0 Å². The van der Waals surface area contributed by atoms with Gasteiger partial charge in [-0.05, 0) is 41.1 Å². The number of nitrogens with zero attached hydrogens (tertiary/aromatic N) is 2. The number of hydrogen-bond acceptors (Lipinski definition) is 7. The molecule has 0 saturated heterocycles. The molecule has 4 rings (SSSR count). The third-order valence-corrected chi connectivity index (χ3v) is 5.60. The van der Waals surface area contributed by atoms with Crippen molar-refractivity contribution in [3.63, 3.8) is 0 Å². The molecule has 132 valence electrons. The van der Waals surface area contributed by atoms with Crippen LogP contribution in [0.5, 0.6) is 5.88 Å². The predicted molar refractivity (Wildman–Crippen MR) is 104 cm³/mol. The lowest BCUT2D eigenvalue weighted by atomic mass is 10.1. The second-order valence-electron chi connectivity index (χ2n) is 5.49. The first-order chi connectivity index (χ1) is 13.3. The summed E-state index contributed by atoms with van der Waals surface area (Å²) in [4.78, 5) is 18.3. The first kappa shape index (κ1) is 17.2. The van der Waals surface area contributed by atoms with E-state index in [0.29, 0.717) is 21.9 Å². The van der Waals surface area contributed by atoms with E-state index in [4.69, 9.17) is 9.15 Å². The molecule has 0 unspecified atom stereocenters. The third-order valence-electron chi connectivity index (χ3n) is 3.79. The predicted octanol–water partition coefficient (Wildman–Crippen LogP) is 5.26. The van der Waals surface area contributed by atoms with E-state index >= 15 is 0 Å². The minimum absolute atomic E-state index is 0.125. The summed E-state index contributed by atoms with van der Waals surface area (Å²) in [5.41, 5.74) is 1.48. The van der Waals surface area contributed by atoms with Crippen LogP contribution in [-0.4, -0.2) is 17.4 Å². The van der Waals surface area contributed by atoms with Gasteiger partial charge in [0.15, 0.2) is 6.61 Å². The summed E-state index contributed by atoms with van der Waals surface area (Å²) in [6.07, 6.45) is 1.54. The van der Waals surface area contributed by atoms with E-state index in [0.717, 1.165) is 4.88 Å². The van der Waals surface area contributed by atoms with E-state index in [1.54, 1.807) is 30.5 Å². The van der Waals surface area contributed by atoms with Crippen LogP contribution >= 0.6 is 22.7 Å². The summed E-state index contributed by atoms with van der Waals surface area (Å²) in [6, 6.07) is 14.9. The second kappa shape index (κ2) is 7.58. The van der Waals surface area contributed by atoms with Crippen LogP contribution in [-0.2, 0) is 0 Å². The van der Waals surface area contributed by atoms with Gasteiger partial charge in [-0.3, -0.25) is 4.79 Å². The number of ether oxygens (including phenoxy) is 1. The number of carbonyl (C=O) groups excluding carboxylic acids is 1. The maximum atomic E-state index is 12.3. The van der Waals surface area contributed by atoms with Gasteiger partial charge < -0.3 is 9.15 Å². The summed E-state index contributed by atoms with van der Waals surface area (Å²) < 4.78 is 11.2. The topological polar surface area (TPSA) is 76.1 Å². The summed E-state index contributed by atoms with van der Waals surface area (Å²) >= 11 is 2.88. The Morgan fingerprint density at radius 1 is 1.19 bits per heavy atom. The van der Waals surface area contributed by atoms with Crippen LogP contribution in [0.15, 0.2) is 63.9 Å². The molecule has 4 aromatic rings. The van der Waals surface area contributed by atoms with Crippen molar-refractivity contribution in [2.45, 2.75) is 0 Å². The molecule has 0 radical (unpaired) electrons. The van der Waals surface area contributed by atoms with Gasteiger partial charge in [0, 0.05) is 5.56 Å². The van der Waals surface area contributed by atoms with Crippen LogP contribution < -0.4 is 4.74 Å². The maximum absolute atomic E-state index is 12.3. The van der Waals surface area contributed by atoms with Gasteiger partial charge in [-0.15, -0.1) is 22.7 Å². The zero-order chi connectivity index (χ0) is 18.6. The normalized spacial score (nSPS) is 10.5. The highest BCUT2D eigenvalue weighted by atomic mass is 32.1. The van der Waals surface area contributed by atoms with E-state index in [2.05, 4.69) is 11.1 Å². The van der Waals surface area contributed by atoms with Gasteiger partial charge in [0.2, 0.25) is 11.7 Å². The molecule has 0 spiro atoms. The van der Waals surface area contributed by atoms with Crippen LogP contribution in [0.1, 0.15) is 15.2 Å². The molecular formula is C20H12N2O3S2. The molecule has 0 amide bonds. The van der Waals surface area contributed by atoms with Gasteiger partial charge in [-0.1, -0.05) is 12.1 Å². The Morgan fingerprint density at radius 2 is 2.04 bits per heavy atom. The number of Topliss-reactive ketones (excluding diaryl/α,β-unsaturated/α-hetero) is 1. The number of pyridine rings is 1. The smallest absolute Gasteiger partial charge is 0.233 e. The highest BCUT2D eigenvalue weighted by Crippen LogP contribution is 2.35. The fraction of sp³-hybridized carbons (Fsp3) is 0.0500. The molecule has 0 saturated carbocycles. The molecule has 0 aliphatic rings.